The molecule has 21 heavy (non-hydrogen) atoms. The Balaban J connectivity index is 2.04. The zero-order valence-corrected chi connectivity index (χ0v) is 11.6. The van der Waals surface area contributed by atoms with Gasteiger partial charge >= 0.3 is 0 Å². The van der Waals surface area contributed by atoms with E-state index in [1.54, 1.807) is 31.5 Å². The summed E-state index contributed by atoms with van der Waals surface area (Å²) in [6, 6.07) is 16.6. The molecule has 3 aromatic heterocycles. The van der Waals surface area contributed by atoms with Crippen LogP contribution in [0.4, 0.5) is 0 Å². The van der Waals surface area contributed by atoms with Crippen LogP contribution in [0.15, 0.2) is 67.0 Å². The molecule has 4 heteroatoms. The van der Waals surface area contributed by atoms with E-state index in [4.69, 9.17) is 0 Å². The summed E-state index contributed by atoms with van der Waals surface area (Å²) in [7, 11) is 0. The zero-order valence-electron chi connectivity index (χ0n) is 11.6. The number of nitrogens with zero attached hydrogens (tertiary/aromatic N) is 3. The number of rotatable bonds is 3. The SMILES string of the molecule is CC(O)(c1ccccn1)c1cccc(-c2ccccn2)n1. The van der Waals surface area contributed by atoms with Gasteiger partial charge in [-0.3, -0.25) is 9.97 Å². The van der Waals surface area contributed by atoms with E-state index in [2.05, 4.69) is 15.0 Å². The molecular weight excluding hydrogens is 262 g/mol. The van der Waals surface area contributed by atoms with Crippen LogP contribution < -0.4 is 0 Å². The highest BCUT2D eigenvalue weighted by Gasteiger charge is 2.28. The van der Waals surface area contributed by atoms with Gasteiger partial charge in [0.25, 0.3) is 0 Å². The predicted octanol–water partition coefficient (Wildman–Crippen LogP) is 2.79. The molecule has 0 amide bonds. The van der Waals surface area contributed by atoms with Crippen LogP contribution in [-0.4, -0.2) is 20.1 Å². The highest BCUT2D eigenvalue weighted by molar-refractivity contribution is 5.54. The molecular formula is C17H15N3O. The summed E-state index contributed by atoms with van der Waals surface area (Å²) in [4.78, 5) is 13.0. The Labute approximate surface area is 123 Å². The third-order valence-electron chi connectivity index (χ3n) is 3.34. The second-order valence-electron chi connectivity index (χ2n) is 4.91. The summed E-state index contributed by atoms with van der Waals surface area (Å²) in [5.74, 6) is 0. The summed E-state index contributed by atoms with van der Waals surface area (Å²) in [5, 5.41) is 10.8. The van der Waals surface area contributed by atoms with Gasteiger partial charge in [0.2, 0.25) is 0 Å². The van der Waals surface area contributed by atoms with Crippen LogP contribution in [0.1, 0.15) is 18.3 Å². The summed E-state index contributed by atoms with van der Waals surface area (Å²) in [6.45, 7) is 1.69. The molecule has 0 radical (unpaired) electrons. The van der Waals surface area contributed by atoms with E-state index in [9.17, 15) is 5.11 Å². The van der Waals surface area contributed by atoms with Crippen molar-refractivity contribution < 1.29 is 5.11 Å². The number of pyridine rings is 3. The van der Waals surface area contributed by atoms with Crippen molar-refractivity contribution in [1.82, 2.24) is 15.0 Å². The topological polar surface area (TPSA) is 58.9 Å². The number of hydrogen-bond acceptors (Lipinski definition) is 4. The van der Waals surface area contributed by atoms with Gasteiger partial charge in [-0.25, -0.2) is 4.98 Å². The molecule has 0 aliphatic carbocycles. The molecule has 0 saturated heterocycles. The van der Waals surface area contributed by atoms with Crippen LogP contribution in [0.5, 0.6) is 0 Å². The van der Waals surface area contributed by atoms with E-state index in [0.717, 1.165) is 11.4 Å². The Morgan fingerprint density at radius 2 is 1.43 bits per heavy atom. The van der Waals surface area contributed by atoms with Gasteiger partial charge in [-0.05, 0) is 43.3 Å². The lowest BCUT2D eigenvalue weighted by Crippen LogP contribution is -2.25. The molecule has 0 saturated carbocycles. The Morgan fingerprint density at radius 1 is 0.762 bits per heavy atom. The first-order valence-electron chi connectivity index (χ1n) is 6.71. The second kappa shape index (κ2) is 5.42. The smallest absolute Gasteiger partial charge is 0.145 e. The first kappa shape index (κ1) is 13.4. The standard InChI is InChI=1S/C17H15N3O/c1-17(21,15-9-3-5-12-19-15)16-10-6-8-14(20-16)13-7-2-4-11-18-13/h2-12,21H,1H3. The van der Waals surface area contributed by atoms with Gasteiger partial charge in [0.1, 0.15) is 5.60 Å². The van der Waals surface area contributed by atoms with Crippen LogP contribution >= 0.6 is 0 Å². The maximum absolute atomic E-state index is 10.8. The van der Waals surface area contributed by atoms with Gasteiger partial charge in [0, 0.05) is 12.4 Å². The maximum atomic E-state index is 10.8. The predicted molar refractivity (Wildman–Crippen MR) is 80.4 cm³/mol. The van der Waals surface area contributed by atoms with Crippen molar-refractivity contribution in [3.05, 3.63) is 78.4 Å². The molecule has 1 N–H and O–H groups in total. The molecule has 0 aliphatic heterocycles. The van der Waals surface area contributed by atoms with Gasteiger partial charge in [-0.15, -0.1) is 0 Å². The normalized spacial score (nSPS) is 13.6. The maximum Gasteiger partial charge on any atom is 0.145 e. The van der Waals surface area contributed by atoms with Crippen LogP contribution in [0.25, 0.3) is 11.4 Å². The van der Waals surface area contributed by atoms with Gasteiger partial charge in [-0.2, -0.15) is 0 Å². The third kappa shape index (κ3) is 2.66. The lowest BCUT2D eigenvalue weighted by molar-refractivity contribution is 0.0927. The molecule has 0 fully saturated rings. The summed E-state index contributed by atoms with van der Waals surface area (Å²) < 4.78 is 0. The Kier molecular flexibility index (Phi) is 3.46. The molecule has 3 aromatic rings. The molecule has 0 aromatic carbocycles. The molecule has 1 unspecified atom stereocenters. The first-order chi connectivity index (χ1) is 10.2. The minimum Gasteiger partial charge on any atom is -0.377 e. The summed E-state index contributed by atoms with van der Waals surface area (Å²) >= 11 is 0. The van der Waals surface area contributed by atoms with E-state index in [0.29, 0.717) is 11.4 Å². The monoisotopic (exact) mass is 277 g/mol. The summed E-state index contributed by atoms with van der Waals surface area (Å²) in [6.07, 6.45) is 3.38. The molecule has 3 rings (SSSR count). The number of hydrogen-bond donors (Lipinski definition) is 1. The van der Waals surface area contributed by atoms with E-state index >= 15 is 0 Å². The van der Waals surface area contributed by atoms with Crippen LogP contribution in [0, 0.1) is 0 Å². The van der Waals surface area contributed by atoms with E-state index in [1.165, 1.54) is 0 Å². The van der Waals surface area contributed by atoms with Gasteiger partial charge in [0.15, 0.2) is 0 Å². The fourth-order valence-corrected chi connectivity index (χ4v) is 2.14. The zero-order chi connectivity index (χ0) is 14.7. The Bertz CT molecular complexity index is 727. The van der Waals surface area contributed by atoms with Crippen molar-refractivity contribution in [2.75, 3.05) is 0 Å². The van der Waals surface area contributed by atoms with E-state index < -0.39 is 5.60 Å². The van der Waals surface area contributed by atoms with Crippen molar-refractivity contribution in [1.29, 1.82) is 0 Å². The van der Waals surface area contributed by atoms with Gasteiger partial charge < -0.3 is 5.11 Å². The van der Waals surface area contributed by atoms with E-state index in [-0.39, 0.29) is 0 Å². The average Bonchev–Trinajstić information content (AvgIpc) is 2.57. The minimum atomic E-state index is -1.24. The summed E-state index contributed by atoms with van der Waals surface area (Å²) in [5.41, 5.74) is 1.37. The second-order valence-corrected chi connectivity index (χ2v) is 4.91. The average molecular weight is 277 g/mol. The molecule has 3 heterocycles. The van der Waals surface area contributed by atoms with Crippen molar-refractivity contribution in [2.45, 2.75) is 12.5 Å². The van der Waals surface area contributed by atoms with Crippen LogP contribution in [0.3, 0.4) is 0 Å². The lowest BCUT2D eigenvalue weighted by atomic mass is 9.96. The van der Waals surface area contributed by atoms with Crippen LogP contribution in [0.2, 0.25) is 0 Å². The fraction of sp³-hybridized carbons (Fsp3) is 0.118. The molecule has 0 spiro atoms. The Morgan fingerprint density at radius 3 is 2.10 bits per heavy atom. The molecule has 0 aliphatic rings. The third-order valence-corrected chi connectivity index (χ3v) is 3.34. The van der Waals surface area contributed by atoms with Crippen LogP contribution in [-0.2, 0) is 5.60 Å². The molecule has 0 bridgehead atoms. The first-order valence-corrected chi connectivity index (χ1v) is 6.71. The fourth-order valence-electron chi connectivity index (χ4n) is 2.14. The highest BCUT2D eigenvalue weighted by Crippen LogP contribution is 2.27. The van der Waals surface area contributed by atoms with Gasteiger partial charge in [0.05, 0.1) is 22.8 Å². The number of aromatic nitrogens is 3. The van der Waals surface area contributed by atoms with E-state index in [1.807, 2.05) is 42.5 Å². The highest BCUT2D eigenvalue weighted by atomic mass is 16.3. The van der Waals surface area contributed by atoms with Crippen molar-refractivity contribution >= 4 is 0 Å². The van der Waals surface area contributed by atoms with Crippen molar-refractivity contribution in [2.24, 2.45) is 0 Å². The largest absolute Gasteiger partial charge is 0.377 e. The minimum absolute atomic E-state index is 0.546. The number of aliphatic hydroxyl groups is 1. The molecule has 1 atom stereocenters. The van der Waals surface area contributed by atoms with Gasteiger partial charge in [-0.1, -0.05) is 18.2 Å². The lowest BCUT2D eigenvalue weighted by Gasteiger charge is -2.22. The Hall–Kier alpha value is -2.59. The quantitative estimate of drug-likeness (QED) is 0.799. The molecule has 4 nitrogen and oxygen atoms in total. The van der Waals surface area contributed by atoms with Crippen molar-refractivity contribution in [3.8, 4) is 11.4 Å². The van der Waals surface area contributed by atoms with Crippen molar-refractivity contribution in [3.63, 3.8) is 0 Å². The molecule has 104 valence electrons.